The molecule has 0 heterocycles. The lowest BCUT2D eigenvalue weighted by Gasteiger charge is -2.36. The van der Waals surface area contributed by atoms with Gasteiger partial charge >= 0.3 is 0 Å². The Morgan fingerprint density at radius 2 is 1.77 bits per heavy atom. The van der Waals surface area contributed by atoms with Crippen LogP contribution in [0.15, 0.2) is 12.7 Å². The fraction of sp³-hybridized carbons (Fsp3) is 0.722. The summed E-state index contributed by atoms with van der Waals surface area (Å²) >= 11 is 0. The Bertz CT molecular complexity index is 423. The second-order valence-electron chi connectivity index (χ2n) is 7.46. The van der Waals surface area contributed by atoms with Crippen LogP contribution in [0.2, 0.25) is 0 Å². The summed E-state index contributed by atoms with van der Waals surface area (Å²) < 4.78 is 0. The van der Waals surface area contributed by atoms with Gasteiger partial charge in [-0.1, -0.05) is 26.8 Å². The van der Waals surface area contributed by atoms with Gasteiger partial charge in [0.05, 0.1) is 6.54 Å². The van der Waals surface area contributed by atoms with E-state index in [9.17, 15) is 9.59 Å². The molecule has 0 aliphatic carbocycles. The van der Waals surface area contributed by atoms with Crippen molar-refractivity contribution in [3.05, 3.63) is 12.7 Å². The van der Waals surface area contributed by atoms with Gasteiger partial charge in [-0.15, -0.1) is 6.58 Å². The lowest BCUT2D eigenvalue weighted by atomic mass is 9.76. The predicted octanol–water partition coefficient (Wildman–Crippen LogP) is 3.70. The number of carbonyl (C=O) groups is 2. The summed E-state index contributed by atoms with van der Waals surface area (Å²) in [4.78, 5) is 23.0. The van der Waals surface area contributed by atoms with Crippen molar-refractivity contribution in [1.82, 2.24) is 5.32 Å². The Labute approximate surface area is 135 Å². The molecule has 0 atom stereocenters. The van der Waals surface area contributed by atoms with Crippen LogP contribution in [-0.2, 0) is 9.59 Å². The molecule has 0 saturated carbocycles. The molecular weight excluding hydrogens is 276 g/mol. The van der Waals surface area contributed by atoms with Crippen LogP contribution in [0.3, 0.4) is 0 Å². The highest BCUT2D eigenvalue weighted by Gasteiger charge is 2.30. The summed E-state index contributed by atoms with van der Waals surface area (Å²) in [5.74, 6) is 0.246. The minimum absolute atomic E-state index is 0.0942. The molecule has 0 bridgehead atoms. The number of hydrogen-bond donors (Lipinski definition) is 2. The number of allylic oxidation sites excluding steroid dienone is 1. The number of hydrogen-bond acceptors (Lipinski definition) is 4. The van der Waals surface area contributed by atoms with E-state index >= 15 is 0 Å². The quantitative estimate of drug-likeness (QED) is 0.426. The molecule has 0 radical (unpaired) electrons. The highest BCUT2D eigenvalue weighted by Crippen LogP contribution is 2.32. The van der Waals surface area contributed by atoms with E-state index in [1.807, 2.05) is 6.92 Å². The molecule has 2 N–H and O–H groups in total. The van der Waals surface area contributed by atoms with Gasteiger partial charge in [0.25, 0.3) is 0 Å². The first-order chi connectivity index (χ1) is 10.0. The van der Waals surface area contributed by atoms with Crippen LogP contribution in [0.25, 0.3) is 0 Å². The summed E-state index contributed by atoms with van der Waals surface area (Å²) in [6, 6.07) is 0. The van der Waals surface area contributed by atoms with E-state index in [1.165, 1.54) is 0 Å². The highest BCUT2D eigenvalue weighted by atomic mass is 16.1. The van der Waals surface area contributed by atoms with Crippen LogP contribution in [0.5, 0.6) is 0 Å². The van der Waals surface area contributed by atoms with Crippen LogP contribution in [0.4, 0.5) is 0 Å². The molecule has 4 nitrogen and oxygen atoms in total. The van der Waals surface area contributed by atoms with Crippen LogP contribution < -0.4 is 5.32 Å². The van der Waals surface area contributed by atoms with E-state index in [0.717, 1.165) is 6.42 Å². The van der Waals surface area contributed by atoms with Crippen molar-refractivity contribution in [1.29, 1.82) is 5.41 Å². The molecule has 0 aromatic carbocycles. The molecule has 22 heavy (non-hydrogen) atoms. The third-order valence-electron chi connectivity index (χ3n) is 3.55. The third-order valence-corrected chi connectivity index (χ3v) is 3.55. The van der Waals surface area contributed by atoms with Crippen molar-refractivity contribution >= 4 is 17.3 Å². The first kappa shape index (κ1) is 20.7. The number of ketones is 2. The summed E-state index contributed by atoms with van der Waals surface area (Å²) in [7, 11) is 0. The number of carbonyl (C=O) groups excluding carboxylic acids is 2. The van der Waals surface area contributed by atoms with E-state index in [-0.39, 0.29) is 28.9 Å². The maximum Gasteiger partial charge on any atom is 0.150 e. The molecule has 4 heteroatoms. The molecule has 0 aliphatic heterocycles. The van der Waals surface area contributed by atoms with E-state index in [4.69, 9.17) is 5.41 Å². The molecule has 126 valence electrons. The SMILES string of the molecule is C=CCC(=O)CNC(C)(C)CC(C)(C)CC(=N)CC(=O)CC. The van der Waals surface area contributed by atoms with Crippen LogP contribution in [0, 0.1) is 10.8 Å². The van der Waals surface area contributed by atoms with Gasteiger partial charge in [0.2, 0.25) is 0 Å². The van der Waals surface area contributed by atoms with E-state index < -0.39 is 0 Å². The Morgan fingerprint density at radius 3 is 2.27 bits per heavy atom. The minimum atomic E-state index is -0.199. The third kappa shape index (κ3) is 9.61. The maximum absolute atomic E-state index is 11.6. The van der Waals surface area contributed by atoms with Gasteiger partial charge in [0, 0.05) is 30.5 Å². The van der Waals surface area contributed by atoms with Crippen molar-refractivity contribution in [2.24, 2.45) is 5.41 Å². The van der Waals surface area contributed by atoms with E-state index in [0.29, 0.717) is 31.5 Å². The van der Waals surface area contributed by atoms with Gasteiger partial charge in [-0.2, -0.15) is 0 Å². The Hall–Kier alpha value is -1.29. The van der Waals surface area contributed by atoms with E-state index in [2.05, 4.69) is 39.6 Å². The van der Waals surface area contributed by atoms with Crippen molar-refractivity contribution in [2.75, 3.05) is 6.54 Å². The van der Waals surface area contributed by atoms with Gasteiger partial charge in [-0.3, -0.25) is 9.59 Å². The van der Waals surface area contributed by atoms with Crippen molar-refractivity contribution in [3.8, 4) is 0 Å². The van der Waals surface area contributed by atoms with Gasteiger partial charge < -0.3 is 10.7 Å². The molecule has 0 rings (SSSR count). The van der Waals surface area contributed by atoms with Crippen LogP contribution in [0.1, 0.15) is 66.7 Å². The van der Waals surface area contributed by atoms with Crippen molar-refractivity contribution < 1.29 is 9.59 Å². The average molecular weight is 308 g/mol. The zero-order chi connectivity index (χ0) is 17.4. The fourth-order valence-corrected chi connectivity index (χ4v) is 2.90. The standard InChI is InChI=1S/C18H32N2O2/c1-7-9-16(22)12-20-18(5,6)13-17(3,4)11-14(19)10-15(21)8-2/h7,19-20H,1,8-13H2,2-6H3. The molecule has 0 amide bonds. The first-order valence-electron chi connectivity index (χ1n) is 7.97. The Balaban J connectivity index is 4.47. The second kappa shape index (κ2) is 8.99. The summed E-state index contributed by atoms with van der Waals surface area (Å²) in [6.45, 7) is 14.1. The Kier molecular flexibility index (Phi) is 8.46. The minimum Gasteiger partial charge on any atom is -0.309 e. The first-order valence-corrected chi connectivity index (χ1v) is 7.97. The number of rotatable bonds is 12. The summed E-state index contributed by atoms with van der Waals surface area (Å²) in [5.41, 5.74) is 0.203. The number of nitrogens with one attached hydrogen (secondary N) is 2. The number of Topliss-reactive ketones (excluding diaryl/α,β-unsaturated/α-hetero) is 2. The van der Waals surface area contributed by atoms with Crippen molar-refractivity contribution in [3.63, 3.8) is 0 Å². The predicted molar refractivity (Wildman–Crippen MR) is 92.6 cm³/mol. The zero-order valence-corrected chi connectivity index (χ0v) is 14.8. The lowest BCUT2D eigenvalue weighted by molar-refractivity contribution is -0.118. The molecule has 0 unspecified atom stereocenters. The maximum atomic E-state index is 11.6. The lowest BCUT2D eigenvalue weighted by Crippen LogP contribution is -2.45. The van der Waals surface area contributed by atoms with Crippen LogP contribution in [-0.4, -0.2) is 29.4 Å². The summed E-state index contributed by atoms with van der Waals surface area (Å²) in [6.07, 6.45) is 4.17. The van der Waals surface area contributed by atoms with Gasteiger partial charge in [0.1, 0.15) is 11.6 Å². The monoisotopic (exact) mass is 308 g/mol. The molecule has 0 aromatic heterocycles. The molecule has 0 fully saturated rings. The van der Waals surface area contributed by atoms with Gasteiger partial charge in [-0.05, 0) is 32.1 Å². The van der Waals surface area contributed by atoms with E-state index in [1.54, 1.807) is 6.08 Å². The molecule has 0 aromatic rings. The molecule has 0 spiro atoms. The molecule has 0 aliphatic rings. The Morgan fingerprint density at radius 1 is 1.18 bits per heavy atom. The van der Waals surface area contributed by atoms with Crippen molar-refractivity contribution in [2.45, 2.75) is 72.3 Å². The fourth-order valence-electron chi connectivity index (χ4n) is 2.90. The molecule has 0 saturated heterocycles. The molecular formula is C18H32N2O2. The van der Waals surface area contributed by atoms with Gasteiger partial charge in [-0.25, -0.2) is 0 Å². The summed E-state index contributed by atoms with van der Waals surface area (Å²) in [5, 5.41) is 11.3. The van der Waals surface area contributed by atoms with Gasteiger partial charge in [0.15, 0.2) is 0 Å². The van der Waals surface area contributed by atoms with Crippen LogP contribution >= 0.6 is 0 Å². The topological polar surface area (TPSA) is 70.0 Å². The normalized spacial score (nSPS) is 12.0. The smallest absolute Gasteiger partial charge is 0.150 e. The highest BCUT2D eigenvalue weighted by molar-refractivity contribution is 6.00. The largest absolute Gasteiger partial charge is 0.309 e. The zero-order valence-electron chi connectivity index (χ0n) is 14.8. The average Bonchev–Trinajstić information content (AvgIpc) is 2.34. The second-order valence-corrected chi connectivity index (χ2v) is 7.46.